The zero-order valence-electron chi connectivity index (χ0n) is 16.5. The fraction of sp³-hybridized carbons (Fsp3) is 0.350. The zero-order valence-corrected chi connectivity index (χ0v) is 17.2. The normalized spacial score (nSPS) is 11.3. The van der Waals surface area contributed by atoms with Crippen LogP contribution in [0, 0.1) is 0 Å². The highest BCUT2D eigenvalue weighted by molar-refractivity contribution is 6.31. The minimum absolute atomic E-state index is 0.0149. The largest absolute Gasteiger partial charge is 0.497 e. The van der Waals surface area contributed by atoms with Gasteiger partial charge in [-0.05, 0) is 41.8 Å². The molecule has 2 rings (SSSR count). The fourth-order valence-electron chi connectivity index (χ4n) is 2.60. The van der Waals surface area contributed by atoms with Crippen molar-refractivity contribution in [1.82, 2.24) is 10.6 Å². The van der Waals surface area contributed by atoms with Crippen molar-refractivity contribution in [1.29, 1.82) is 0 Å². The first-order valence-electron chi connectivity index (χ1n) is 8.85. The van der Waals surface area contributed by atoms with Crippen LogP contribution in [-0.4, -0.2) is 40.4 Å². The standard InChI is InChI=1S/C20H24ClF2N3O3/c1-24-20(25-9-8-14-5-6-15(27-2)11-16(14)21)26-12-13-4-7-17(28-3)18(10-13)29-19(22)23/h4-7,10-11,19H,8-9,12H2,1-3H3,(H2,24,25,26). The molecule has 0 bridgehead atoms. The smallest absolute Gasteiger partial charge is 0.387 e. The highest BCUT2D eigenvalue weighted by atomic mass is 35.5. The Bertz CT molecular complexity index is 835. The van der Waals surface area contributed by atoms with Crippen LogP contribution in [0.25, 0.3) is 0 Å². The highest BCUT2D eigenvalue weighted by Gasteiger charge is 2.11. The van der Waals surface area contributed by atoms with E-state index in [0.29, 0.717) is 36.2 Å². The molecule has 29 heavy (non-hydrogen) atoms. The Hall–Kier alpha value is -2.74. The topological polar surface area (TPSA) is 64.1 Å². The summed E-state index contributed by atoms with van der Waals surface area (Å²) in [6.45, 7) is -1.95. The lowest BCUT2D eigenvalue weighted by Gasteiger charge is -2.14. The molecule has 0 heterocycles. The lowest BCUT2D eigenvalue weighted by Crippen LogP contribution is -2.37. The van der Waals surface area contributed by atoms with Gasteiger partial charge in [-0.3, -0.25) is 4.99 Å². The van der Waals surface area contributed by atoms with Crippen LogP contribution in [0.3, 0.4) is 0 Å². The zero-order chi connectivity index (χ0) is 21.2. The van der Waals surface area contributed by atoms with E-state index in [2.05, 4.69) is 20.4 Å². The Balaban J connectivity index is 1.89. The van der Waals surface area contributed by atoms with Gasteiger partial charge in [-0.25, -0.2) is 0 Å². The van der Waals surface area contributed by atoms with Gasteiger partial charge in [-0.2, -0.15) is 8.78 Å². The second-order valence-electron chi connectivity index (χ2n) is 5.92. The molecule has 0 aliphatic heterocycles. The van der Waals surface area contributed by atoms with E-state index < -0.39 is 6.61 Å². The molecule has 0 amide bonds. The van der Waals surface area contributed by atoms with Crippen LogP contribution in [-0.2, 0) is 13.0 Å². The number of rotatable bonds is 9. The quantitative estimate of drug-likeness (QED) is 0.470. The Labute approximate surface area is 173 Å². The molecule has 0 unspecified atom stereocenters. The third kappa shape index (κ3) is 6.98. The van der Waals surface area contributed by atoms with Crippen molar-refractivity contribution in [3.63, 3.8) is 0 Å². The van der Waals surface area contributed by atoms with Crippen LogP contribution >= 0.6 is 11.6 Å². The number of guanidine groups is 1. The molecular formula is C20H24ClF2N3O3. The average molecular weight is 428 g/mol. The summed E-state index contributed by atoms with van der Waals surface area (Å²) in [7, 11) is 4.63. The molecule has 0 fully saturated rings. The van der Waals surface area contributed by atoms with Crippen molar-refractivity contribution in [3.05, 3.63) is 52.5 Å². The Morgan fingerprint density at radius 2 is 1.86 bits per heavy atom. The fourth-order valence-corrected chi connectivity index (χ4v) is 2.86. The average Bonchev–Trinajstić information content (AvgIpc) is 2.71. The first-order valence-corrected chi connectivity index (χ1v) is 9.23. The van der Waals surface area contributed by atoms with Gasteiger partial charge in [0.15, 0.2) is 17.5 Å². The lowest BCUT2D eigenvalue weighted by atomic mass is 10.1. The predicted molar refractivity (Wildman–Crippen MR) is 110 cm³/mol. The summed E-state index contributed by atoms with van der Waals surface area (Å²) in [5.74, 6) is 1.51. The van der Waals surface area contributed by atoms with Gasteiger partial charge in [0.1, 0.15) is 5.75 Å². The second-order valence-corrected chi connectivity index (χ2v) is 6.33. The van der Waals surface area contributed by atoms with E-state index in [-0.39, 0.29) is 11.5 Å². The molecule has 0 saturated carbocycles. The number of halogens is 3. The van der Waals surface area contributed by atoms with Crippen molar-refractivity contribution in [2.75, 3.05) is 27.8 Å². The number of ether oxygens (including phenoxy) is 3. The van der Waals surface area contributed by atoms with Gasteiger partial charge in [-0.1, -0.05) is 23.7 Å². The van der Waals surface area contributed by atoms with Gasteiger partial charge in [0.2, 0.25) is 0 Å². The monoisotopic (exact) mass is 427 g/mol. The number of aliphatic imine (C=N–C) groups is 1. The van der Waals surface area contributed by atoms with Gasteiger partial charge in [0, 0.05) is 25.2 Å². The predicted octanol–water partition coefficient (Wildman–Crippen LogP) is 3.87. The number of nitrogens with one attached hydrogen (secondary N) is 2. The summed E-state index contributed by atoms with van der Waals surface area (Å²) in [6, 6.07) is 10.4. The third-order valence-electron chi connectivity index (χ3n) is 4.07. The summed E-state index contributed by atoms with van der Waals surface area (Å²) < 4.78 is 39.8. The molecule has 6 nitrogen and oxygen atoms in total. The van der Waals surface area contributed by atoms with Crippen molar-refractivity contribution in [3.8, 4) is 17.2 Å². The van der Waals surface area contributed by atoms with Crippen LogP contribution < -0.4 is 24.8 Å². The number of nitrogens with zero attached hydrogens (tertiary/aromatic N) is 1. The molecule has 2 aromatic rings. The summed E-state index contributed by atoms with van der Waals surface area (Å²) in [4.78, 5) is 4.15. The SMILES string of the molecule is CN=C(NCCc1ccc(OC)cc1Cl)NCc1ccc(OC)c(OC(F)F)c1. The molecule has 0 atom stereocenters. The van der Waals surface area contributed by atoms with Crippen LogP contribution in [0.15, 0.2) is 41.4 Å². The maximum absolute atomic E-state index is 12.5. The van der Waals surface area contributed by atoms with Gasteiger partial charge in [0.05, 0.1) is 14.2 Å². The Kier molecular flexibility index (Phi) is 8.79. The van der Waals surface area contributed by atoms with E-state index in [1.54, 1.807) is 32.4 Å². The molecule has 158 valence electrons. The van der Waals surface area contributed by atoms with Crippen LogP contribution in [0.4, 0.5) is 8.78 Å². The molecule has 0 aromatic heterocycles. The molecule has 0 aliphatic rings. The minimum Gasteiger partial charge on any atom is -0.497 e. The van der Waals surface area contributed by atoms with Crippen molar-refractivity contribution >= 4 is 17.6 Å². The van der Waals surface area contributed by atoms with Crippen molar-refractivity contribution in [2.24, 2.45) is 4.99 Å². The lowest BCUT2D eigenvalue weighted by molar-refractivity contribution is -0.0512. The molecular weight excluding hydrogens is 404 g/mol. The van der Waals surface area contributed by atoms with Crippen molar-refractivity contribution in [2.45, 2.75) is 19.6 Å². The van der Waals surface area contributed by atoms with E-state index >= 15 is 0 Å². The second kappa shape index (κ2) is 11.3. The van der Waals surface area contributed by atoms with E-state index in [1.165, 1.54) is 13.2 Å². The van der Waals surface area contributed by atoms with Crippen LogP contribution in [0.5, 0.6) is 17.2 Å². The maximum atomic E-state index is 12.5. The molecule has 2 N–H and O–H groups in total. The molecule has 0 spiro atoms. The highest BCUT2D eigenvalue weighted by Crippen LogP contribution is 2.29. The number of benzene rings is 2. The molecule has 0 radical (unpaired) electrons. The van der Waals surface area contributed by atoms with E-state index in [1.807, 2.05) is 12.1 Å². The maximum Gasteiger partial charge on any atom is 0.387 e. The molecule has 0 saturated heterocycles. The molecule has 2 aromatic carbocycles. The summed E-state index contributed by atoms with van der Waals surface area (Å²) in [5, 5.41) is 6.95. The van der Waals surface area contributed by atoms with Crippen LogP contribution in [0.1, 0.15) is 11.1 Å². The van der Waals surface area contributed by atoms with E-state index in [9.17, 15) is 8.78 Å². The summed E-state index contributed by atoms with van der Waals surface area (Å²) >= 11 is 6.24. The minimum atomic E-state index is -2.92. The number of hydrogen-bond donors (Lipinski definition) is 2. The number of alkyl halides is 2. The molecule has 9 heteroatoms. The first kappa shape index (κ1) is 22.5. The van der Waals surface area contributed by atoms with E-state index in [0.717, 1.165) is 11.1 Å². The Morgan fingerprint density at radius 1 is 1.07 bits per heavy atom. The van der Waals surface area contributed by atoms with Crippen LogP contribution in [0.2, 0.25) is 5.02 Å². The van der Waals surface area contributed by atoms with Gasteiger partial charge in [-0.15, -0.1) is 0 Å². The van der Waals surface area contributed by atoms with Crippen molar-refractivity contribution < 1.29 is 23.0 Å². The van der Waals surface area contributed by atoms with Gasteiger partial charge >= 0.3 is 6.61 Å². The van der Waals surface area contributed by atoms with Gasteiger partial charge in [0.25, 0.3) is 0 Å². The first-order chi connectivity index (χ1) is 14.0. The summed E-state index contributed by atoms with van der Waals surface area (Å²) in [6.07, 6.45) is 0.693. The Morgan fingerprint density at radius 3 is 2.48 bits per heavy atom. The number of hydrogen-bond acceptors (Lipinski definition) is 4. The third-order valence-corrected chi connectivity index (χ3v) is 4.43. The molecule has 0 aliphatic carbocycles. The number of methoxy groups -OCH3 is 2. The summed E-state index contributed by atoms with van der Waals surface area (Å²) in [5.41, 5.74) is 1.72. The van der Waals surface area contributed by atoms with Gasteiger partial charge < -0.3 is 24.8 Å². The van der Waals surface area contributed by atoms with E-state index in [4.69, 9.17) is 21.1 Å².